The zero-order valence-corrected chi connectivity index (χ0v) is 3.29. The molecule has 36 valence electrons. The van der Waals surface area contributed by atoms with Gasteiger partial charge >= 0.3 is 0 Å². The van der Waals surface area contributed by atoms with E-state index in [0.717, 1.165) is 0 Å². The molecule has 0 aromatic rings. The van der Waals surface area contributed by atoms with Gasteiger partial charge in [0.1, 0.15) is 0 Å². The lowest BCUT2D eigenvalue weighted by atomic mass is 10.4. The first-order chi connectivity index (χ1) is 3.72. The van der Waals surface area contributed by atoms with Crippen molar-refractivity contribution in [3.8, 4) is 0 Å². The molecule has 3 atom stereocenters. The maximum absolute atomic E-state index is 8.64. The predicted molar refractivity (Wildman–Crippen MR) is 21.2 cm³/mol. The Kier molecular flexibility index (Phi) is 0.601. The van der Waals surface area contributed by atoms with E-state index in [0.29, 0.717) is 0 Å². The van der Waals surface area contributed by atoms with Crippen LogP contribution in [-0.4, -0.2) is 18.0 Å². The van der Waals surface area contributed by atoms with E-state index < -0.39 is 19.1 Å². The molecule has 1 saturated heterocycles. The highest BCUT2D eigenvalue weighted by molar-refractivity contribution is 4.49. The van der Waals surface area contributed by atoms with E-state index in [9.17, 15) is 0 Å². The SMILES string of the molecule is [2H]C1COC(O)C1[2H]. The lowest BCUT2D eigenvalue weighted by molar-refractivity contribution is -0.0589. The van der Waals surface area contributed by atoms with Gasteiger partial charge in [-0.2, -0.15) is 0 Å². The van der Waals surface area contributed by atoms with Crippen LogP contribution in [0.15, 0.2) is 0 Å². The Bertz CT molecular complexity index is 78.1. The van der Waals surface area contributed by atoms with Gasteiger partial charge in [-0.3, -0.25) is 0 Å². The molecule has 1 fully saturated rings. The molecule has 3 unspecified atom stereocenters. The molecule has 0 amide bonds. The van der Waals surface area contributed by atoms with Gasteiger partial charge in [0.05, 0.1) is 0 Å². The van der Waals surface area contributed by atoms with Gasteiger partial charge in [-0.05, 0) is 6.40 Å². The van der Waals surface area contributed by atoms with Crippen LogP contribution in [0, 0.1) is 0 Å². The first-order valence-corrected chi connectivity index (χ1v) is 1.86. The smallest absolute Gasteiger partial charge is 0.154 e. The fourth-order valence-corrected chi connectivity index (χ4v) is 0.382. The molecule has 0 aliphatic carbocycles. The van der Waals surface area contributed by atoms with Crippen molar-refractivity contribution in [1.29, 1.82) is 0 Å². The summed E-state index contributed by atoms with van der Waals surface area (Å²) in [5, 5.41) is 8.64. The molecule has 0 aromatic heterocycles. The van der Waals surface area contributed by atoms with Crippen molar-refractivity contribution < 1.29 is 12.6 Å². The summed E-state index contributed by atoms with van der Waals surface area (Å²) in [6.45, 7) is 0.190. The van der Waals surface area contributed by atoms with Crippen molar-refractivity contribution in [2.45, 2.75) is 19.1 Å². The minimum absolute atomic E-state index is 0.190. The average molecular weight is 90.1 g/mol. The largest absolute Gasteiger partial charge is 0.368 e. The number of aliphatic hydroxyl groups is 1. The number of hydrogen-bond donors (Lipinski definition) is 1. The van der Waals surface area contributed by atoms with E-state index in [4.69, 9.17) is 7.85 Å². The molecule has 2 heteroatoms. The van der Waals surface area contributed by atoms with Crippen LogP contribution >= 0.6 is 0 Å². The summed E-state index contributed by atoms with van der Waals surface area (Å²) in [5.41, 5.74) is 0. The maximum Gasteiger partial charge on any atom is 0.154 e. The number of rotatable bonds is 0. The van der Waals surface area contributed by atoms with Gasteiger partial charge in [0.2, 0.25) is 0 Å². The fourth-order valence-electron chi connectivity index (χ4n) is 0.382. The third-order valence-corrected chi connectivity index (χ3v) is 0.664. The summed E-state index contributed by atoms with van der Waals surface area (Å²) in [6, 6.07) is 0. The Morgan fingerprint density at radius 2 is 2.83 bits per heavy atom. The van der Waals surface area contributed by atoms with Gasteiger partial charge in [0.25, 0.3) is 0 Å². The van der Waals surface area contributed by atoms with Crippen molar-refractivity contribution in [3.05, 3.63) is 0 Å². The van der Waals surface area contributed by atoms with E-state index in [1.165, 1.54) is 0 Å². The van der Waals surface area contributed by atoms with Crippen molar-refractivity contribution in [1.82, 2.24) is 0 Å². The average Bonchev–Trinajstić information content (AvgIpc) is 1.98. The van der Waals surface area contributed by atoms with Crippen LogP contribution in [0.5, 0.6) is 0 Å². The van der Waals surface area contributed by atoms with E-state index in [-0.39, 0.29) is 6.61 Å². The molecule has 0 radical (unpaired) electrons. The van der Waals surface area contributed by atoms with Gasteiger partial charge in [-0.1, -0.05) is 0 Å². The molecular formula is C4H8O2. The molecule has 1 N–H and O–H groups in total. The van der Waals surface area contributed by atoms with Crippen LogP contribution in [0.2, 0.25) is 0 Å². The quantitative estimate of drug-likeness (QED) is 0.457. The molecule has 0 saturated carbocycles. The van der Waals surface area contributed by atoms with Crippen molar-refractivity contribution in [2.75, 3.05) is 6.61 Å². The van der Waals surface area contributed by atoms with Crippen LogP contribution in [0.3, 0.4) is 0 Å². The molecule has 1 rings (SSSR count). The standard InChI is InChI=1S/C4H8O2/c5-4-2-1-3-6-4/h4-5H,1-3H2/i1D,2D. The lowest BCUT2D eigenvalue weighted by Crippen LogP contribution is -1.99. The Labute approximate surface area is 39.5 Å². The summed E-state index contributed by atoms with van der Waals surface area (Å²) in [7, 11) is 0. The fraction of sp³-hybridized carbons (Fsp3) is 1.00. The van der Waals surface area contributed by atoms with E-state index in [2.05, 4.69) is 4.74 Å². The van der Waals surface area contributed by atoms with Gasteiger partial charge in [-0.25, -0.2) is 0 Å². The number of ether oxygens (including phenoxy) is 1. The van der Waals surface area contributed by atoms with Crippen molar-refractivity contribution >= 4 is 0 Å². The lowest BCUT2D eigenvalue weighted by Gasteiger charge is -1.93. The van der Waals surface area contributed by atoms with Crippen LogP contribution in [0.25, 0.3) is 0 Å². The molecule has 0 spiro atoms. The highest BCUT2D eigenvalue weighted by atomic mass is 16.6. The normalized spacial score (nSPS) is 63.8. The van der Waals surface area contributed by atoms with Gasteiger partial charge < -0.3 is 9.84 Å². The molecule has 1 aliphatic rings. The second kappa shape index (κ2) is 1.58. The van der Waals surface area contributed by atoms with Crippen LogP contribution in [0.1, 0.15) is 15.5 Å². The molecule has 0 bridgehead atoms. The van der Waals surface area contributed by atoms with E-state index >= 15 is 0 Å². The topological polar surface area (TPSA) is 29.5 Å². The van der Waals surface area contributed by atoms with Crippen LogP contribution < -0.4 is 0 Å². The second-order valence-corrected chi connectivity index (χ2v) is 1.15. The summed E-state index contributed by atoms with van der Waals surface area (Å²) >= 11 is 0. The summed E-state index contributed by atoms with van der Waals surface area (Å²) < 4.78 is 18.5. The predicted octanol–water partition coefficient (Wildman–Crippen LogP) is 0.115. The first-order valence-electron chi connectivity index (χ1n) is 3.01. The van der Waals surface area contributed by atoms with Gasteiger partial charge in [-0.15, -0.1) is 0 Å². The molecule has 2 nitrogen and oxygen atoms in total. The van der Waals surface area contributed by atoms with Crippen LogP contribution in [0.4, 0.5) is 0 Å². The van der Waals surface area contributed by atoms with Crippen LogP contribution in [-0.2, 0) is 4.74 Å². The molecule has 6 heavy (non-hydrogen) atoms. The minimum atomic E-state index is -1.03. The number of hydrogen-bond acceptors (Lipinski definition) is 2. The second-order valence-electron chi connectivity index (χ2n) is 1.15. The molecule has 1 aliphatic heterocycles. The highest BCUT2D eigenvalue weighted by Gasteiger charge is 2.09. The van der Waals surface area contributed by atoms with Crippen molar-refractivity contribution in [2.24, 2.45) is 0 Å². The third kappa shape index (κ3) is 0.698. The zero-order valence-electron chi connectivity index (χ0n) is 5.29. The first kappa shape index (κ1) is 2.28. The highest BCUT2D eigenvalue weighted by Crippen LogP contribution is 2.06. The molecule has 0 aromatic carbocycles. The maximum atomic E-state index is 8.64. The van der Waals surface area contributed by atoms with Gasteiger partial charge in [0, 0.05) is 15.7 Å². The molecular weight excluding hydrogens is 80.0 g/mol. The Balaban J connectivity index is 2.44. The van der Waals surface area contributed by atoms with Crippen molar-refractivity contribution in [3.63, 3.8) is 0 Å². The third-order valence-electron chi connectivity index (χ3n) is 0.664. The van der Waals surface area contributed by atoms with Gasteiger partial charge in [0.15, 0.2) is 6.29 Å². The zero-order chi connectivity index (χ0) is 6.15. The van der Waals surface area contributed by atoms with E-state index in [1.54, 1.807) is 0 Å². The summed E-state index contributed by atoms with van der Waals surface area (Å²) in [6.07, 6.45) is -2.36. The molecule has 1 heterocycles. The minimum Gasteiger partial charge on any atom is -0.368 e. The summed E-state index contributed by atoms with van der Waals surface area (Å²) in [5.74, 6) is 0. The van der Waals surface area contributed by atoms with E-state index in [1.807, 2.05) is 0 Å². The summed E-state index contributed by atoms with van der Waals surface area (Å²) in [4.78, 5) is 0. The Hall–Kier alpha value is -0.0800. The number of aliphatic hydroxyl groups excluding tert-OH is 1. The Morgan fingerprint density at radius 3 is 3.00 bits per heavy atom. The Morgan fingerprint density at radius 1 is 2.00 bits per heavy atom. The monoisotopic (exact) mass is 90.1 g/mol.